The third-order valence-corrected chi connectivity index (χ3v) is 5.67. The number of aromatic nitrogens is 1. The summed E-state index contributed by atoms with van der Waals surface area (Å²) in [6.07, 6.45) is 5.40. The maximum absolute atomic E-state index is 12.2. The molecule has 1 heterocycles. The molecule has 130 valence electrons. The second kappa shape index (κ2) is 8.62. The van der Waals surface area contributed by atoms with Gasteiger partial charge in [-0.25, -0.2) is 4.79 Å². The Morgan fingerprint density at radius 1 is 1.43 bits per heavy atom. The largest absolute Gasteiger partial charge is 0.361 e. The van der Waals surface area contributed by atoms with Crippen LogP contribution < -0.4 is 10.6 Å². The van der Waals surface area contributed by atoms with Gasteiger partial charge in [0.05, 0.1) is 5.69 Å². The van der Waals surface area contributed by atoms with Crippen LogP contribution in [0.2, 0.25) is 0 Å². The molecule has 0 unspecified atom stereocenters. The van der Waals surface area contributed by atoms with E-state index in [9.17, 15) is 4.79 Å². The summed E-state index contributed by atoms with van der Waals surface area (Å²) in [4.78, 5) is 12.2. The van der Waals surface area contributed by atoms with Crippen molar-refractivity contribution in [2.45, 2.75) is 77.1 Å². The molecule has 2 N–H and O–H groups in total. The molecule has 0 spiro atoms. The maximum atomic E-state index is 12.2. The highest BCUT2D eigenvalue weighted by Crippen LogP contribution is 2.28. The van der Waals surface area contributed by atoms with Gasteiger partial charge in [0.15, 0.2) is 0 Å². The minimum absolute atomic E-state index is 0.0520. The normalized spacial score (nSPS) is 22.6. The Labute approximate surface area is 143 Å². The fourth-order valence-electron chi connectivity index (χ4n) is 3.26. The van der Waals surface area contributed by atoms with E-state index in [1.54, 1.807) is 0 Å². The number of carbonyl (C=O) groups excluding carboxylic acids is 1. The Balaban J connectivity index is 1.77. The predicted molar refractivity (Wildman–Crippen MR) is 95.0 cm³/mol. The highest BCUT2D eigenvalue weighted by molar-refractivity contribution is 7.99. The van der Waals surface area contributed by atoms with Crippen LogP contribution in [0.5, 0.6) is 0 Å². The summed E-state index contributed by atoms with van der Waals surface area (Å²) in [5.74, 6) is 1.99. The quantitative estimate of drug-likeness (QED) is 0.831. The number of rotatable bonds is 6. The van der Waals surface area contributed by atoms with E-state index in [-0.39, 0.29) is 12.1 Å². The monoisotopic (exact) mass is 339 g/mol. The molecule has 3 atom stereocenters. The first-order valence-electron chi connectivity index (χ1n) is 8.60. The van der Waals surface area contributed by atoms with Crippen molar-refractivity contribution in [2.24, 2.45) is 0 Å². The van der Waals surface area contributed by atoms with E-state index in [0.29, 0.717) is 11.3 Å². The van der Waals surface area contributed by atoms with Crippen molar-refractivity contribution in [1.82, 2.24) is 15.8 Å². The summed E-state index contributed by atoms with van der Waals surface area (Å²) in [5.41, 5.74) is 2.00. The average molecular weight is 340 g/mol. The van der Waals surface area contributed by atoms with Gasteiger partial charge in [-0.3, -0.25) is 0 Å². The van der Waals surface area contributed by atoms with Crippen LogP contribution in [-0.4, -0.2) is 34.3 Å². The Kier molecular flexibility index (Phi) is 6.81. The van der Waals surface area contributed by atoms with Crippen LogP contribution in [0.1, 0.15) is 56.5 Å². The van der Waals surface area contributed by atoms with Gasteiger partial charge >= 0.3 is 6.03 Å². The lowest BCUT2D eigenvalue weighted by Gasteiger charge is -2.29. The van der Waals surface area contributed by atoms with Crippen molar-refractivity contribution in [1.29, 1.82) is 0 Å². The van der Waals surface area contributed by atoms with Gasteiger partial charge in [0.25, 0.3) is 0 Å². The van der Waals surface area contributed by atoms with Crippen LogP contribution >= 0.6 is 11.8 Å². The molecule has 2 rings (SSSR count). The number of hydrogen-bond donors (Lipinski definition) is 2. The third kappa shape index (κ3) is 5.44. The van der Waals surface area contributed by atoms with E-state index in [1.807, 2.05) is 32.5 Å². The Hall–Kier alpha value is -1.17. The van der Waals surface area contributed by atoms with Gasteiger partial charge in [0.1, 0.15) is 5.76 Å². The molecular formula is C17H29N3O2S. The number of carbonyl (C=O) groups is 1. The Morgan fingerprint density at radius 3 is 2.87 bits per heavy atom. The Morgan fingerprint density at radius 2 is 2.22 bits per heavy atom. The van der Waals surface area contributed by atoms with Gasteiger partial charge in [-0.15, -0.1) is 0 Å². The highest BCUT2D eigenvalue weighted by Gasteiger charge is 2.23. The van der Waals surface area contributed by atoms with Crippen LogP contribution in [-0.2, 0) is 6.42 Å². The number of thioether (sulfide) groups is 1. The van der Waals surface area contributed by atoms with Gasteiger partial charge in [0.2, 0.25) is 0 Å². The molecule has 6 heteroatoms. The molecule has 2 amide bonds. The molecule has 0 aliphatic heterocycles. The van der Waals surface area contributed by atoms with Gasteiger partial charge in [-0.1, -0.05) is 18.5 Å². The topological polar surface area (TPSA) is 67.2 Å². The number of amides is 2. The number of nitrogens with one attached hydrogen (secondary N) is 2. The molecule has 23 heavy (non-hydrogen) atoms. The number of nitrogens with zero attached hydrogens (tertiary/aromatic N) is 1. The van der Waals surface area contributed by atoms with E-state index in [1.165, 1.54) is 12.8 Å². The van der Waals surface area contributed by atoms with Gasteiger partial charge < -0.3 is 15.2 Å². The molecular weight excluding hydrogens is 310 g/mol. The van der Waals surface area contributed by atoms with Gasteiger partial charge in [-0.05, 0) is 52.2 Å². The molecule has 1 fully saturated rings. The lowest BCUT2D eigenvalue weighted by molar-refractivity contribution is 0.230. The van der Waals surface area contributed by atoms with Crippen molar-refractivity contribution >= 4 is 17.8 Å². The first-order valence-corrected chi connectivity index (χ1v) is 9.64. The van der Waals surface area contributed by atoms with Crippen LogP contribution in [0, 0.1) is 13.8 Å². The van der Waals surface area contributed by atoms with Crippen molar-refractivity contribution in [2.75, 3.05) is 5.75 Å². The van der Waals surface area contributed by atoms with Crippen LogP contribution in [0.15, 0.2) is 4.52 Å². The fraction of sp³-hybridized carbons (Fsp3) is 0.765. The van der Waals surface area contributed by atoms with Crippen LogP contribution in [0.3, 0.4) is 0 Å². The zero-order chi connectivity index (χ0) is 16.8. The van der Waals surface area contributed by atoms with Gasteiger partial charge in [-0.2, -0.15) is 11.8 Å². The summed E-state index contributed by atoms with van der Waals surface area (Å²) < 4.78 is 5.18. The van der Waals surface area contributed by atoms with Crippen molar-refractivity contribution in [3.05, 3.63) is 17.0 Å². The number of urea groups is 1. The fourth-order valence-corrected chi connectivity index (χ4v) is 4.44. The molecule has 1 aromatic rings. The molecule has 0 bridgehead atoms. The molecule has 1 aromatic heterocycles. The second-order valence-corrected chi connectivity index (χ2v) is 8.04. The summed E-state index contributed by atoms with van der Waals surface area (Å²) in [6.45, 7) is 8.06. The highest BCUT2D eigenvalue weighted by atomic mass is 32.2. The summed E-state index contributed by atoms with van der Waals surface area (Å²) in [5, 5.41) is 10.8. The minimum Gasteiger partial charge on any atom is -0.361 e. The number of aryl methyl sites for hydroxylation is 2. The van der Waals surface area contributed by atoms with E-state index in [4.69, 9.17) is 4.52 Å². The van der Waals surface area contributed by atoms with Crippen molar-refractivity contribution < 1.29 is 9.32 Å². The number of hydrogen-bond acceptors (Lipinski definition) is 4. The molecule has 1 aliphatic rings. The van der Waals surface area contributed by atoms with Crippen LogP contribution in [0.25, 0.3) is 0 Å². The predicted octanol–water partition coefficient (Wildman–Crippen LogP) is 3.59. The van der Waals surface area contributed by atoms with E-state index in [2.05, 4.69) is 22.7 Å². The minimum atomic E-state index is -0.0589. The van der Waals surface area contributed by atoms with Gasteiger partial charge in [0, 0.05) is 22.9 Å². The zero-order valence-electron chi connectivity index (χ0n) is 14.6. The molecule has 0 saturated heterocycles. The van der Waals surface area contributed by atoms with E-state index >= 15 is 0 Å². The van der Waals surface area contributed by atoms with E-state index in [0.717, 1.165) is 42.0 Å². The third-order valence-electron chi connectivity index (χ3n) is 4.43. The SMILES string of the molecule is CCS[C@@H]1CCC[C@@H](NC(=O)N[C@H](C)Cc2c(C)noc2C)C1. The first kappa shape index (κ1) is 18.2. The molecule has 5 nitrogen and oxygen atoms in total. The molecule has 1 aliphatic carbocycles. The summed E-state index contributed by atoms with van der Waals surface area (Å²) in [7, 11) is 0. The zero-order valence-corrected chi connectivity index (χ0v) is 15.5. The summed E-state index contributed by atoms with van der Waals surface area (Å²) in [6, 6.07) is 0.298. The molecule has 0 aromatic carbocycles. The lowest BCUT2D eigenvalue weighted by atomic mass is 9.95. The first-order chi connectivity index (χ1) is 11.0. The standard InChI is InChI=1S/C17H29N3O2S/c1-5-23-15-8-6-7-14(10-15)19-17(21)18-11(2)9-16-12(3)20-22-13(16)4/h11,14-15H,5-10H2,1-4H3,(H2,18,19,21)/t11-,14-,15-/m1/s1. The second-order valence-electron chi connectivity index (χ2n) is 6.47. The van der Waals surface area contributed by atoms with Crippen molar-refractivity contribution in [3.8, 4) is 0 Å². The van der Waals surface area contributed by atoms with Crippen molar-refractivity contribution in [3.63, 3.8) is 0 Å². The smallest absolute Gasteiger partial charge is 0.315 e. The lowest BCUT2D eigenvalue weighted by Crippen LogP contribution is -2.47. The average Bonchev–Trinajstić information content (AvgIpc) is 2.79. The summed E-state index contributed by atoms with van der Waals surface area (Å²) >= 11 is 2.01. The Bertz CT molecular complexity index is 496. The van der Waals surface area contributed by atoms with E-state index < -0.39 is 0 Å². The maximum Gasteiger partial charge on any atom is 0.315 e. The molecule has 1 saturated carbocycles. The van der Waals surface area contributed by atoms with Crippen LogP contribution in [0.4, 0.5) is 4.79 Å². The molecule has 0 radical (unpaired) electrons.